The van der Waals surface area contributed by atoms with Crippen LogP contribution in [0.2, 0.25) is 0 Å². The Morgan fingerprint density at radius 3 is 2.55 bits per heavy atom. The van der Waals surface area contributed by atoms with Crippen molar-refractivity contribution in [2.75, 3.05) is 26.2 Å². The molecule has 1 unspecified atom stereocenters. The number of nitrogens with zero attached hydrogens (tertiary/aromatic N) is 2. The molecule has 4 heteroatoms. The molecule has 0 bridgehead atoms. The minimum absolute atomic E-state index is 0.0347. The Morgan fingerprint density at radius 1 is 1.20 bits per heavy atom. The molecule has 1 atom stereocenters. The second-order valence-electron chi connectivity index (χ2n) is 6.64. The van der Waals surface area contributed by atoms with Crippen molar-refractivity contribution in [3.8, 4) is 11.8 Å². The van der Waals surface area contributed by atoms with Crippen LogP contribution < -0.4 is 0 Å². The van der Waals surface area contributed by atoms with Gasteiger partial charge in [0.1, 0.15) is 5.60 Å². The number of likely N-dealkylation sites (tertiary alicyclic amines) is 2. The summed E-state index contributed by atoms with van der Waals surface area (Å²) >= 11 is 0. The smallest absolute Gasteiger partial charge is 0.411 e. The van der Waals surface area contributed by atoms with Gasteiger partial charge in [0.2, 0.25) is 0 Å². The third kappa shape index (κ3) is 4.42. The summed E-state index contributed by atoms with van der Waals surface area (Å²) in [6.45, 7) is 9.61. The molecular formula is C16H26N2O2. The van der Waals surface area contributed by atoms with Gasteiger partial charge < -0.3 is 4.74 Å². The number of amides is 1. The maximum absolute atomic E-state index is 12.1. The predicted octanol–water partition coefficient (Wildman–Crippen LogP) is 2.49. The van der Waals surface area contributed by atoms with Gasteiger partial charge in [-0.15, -0.1) is 0 Å². The third-order valence-corrected chi connectivity index (χ3v) is 3.65. The second kappa shape index (κ2) is 6.49. The summed E-state index contributed by atoms with van der Waals surface area (Å²) in [6, 6.07) is 0.0347. The fraction of sp³-hybridized carbons (Fsp3) is 0.812. The molecular weight excluding hydrogens is 252 g/mol. The molecule has 1 amide bonds. The Morgan fingerprint density at radius 2 is 1.90 bits per heavy atom. The highest BCUT2D eigenvalue weighted by Crippen LogP contribution is 2.20. The van der Waals surface area contributed by atoms with Crippen molar-refractivity contribution in [2.24, 2.45) is 0 Å². The first kappa shape index (κ1) is 15.2. The molecule has 2 saturated heterocycles. The number of hydrogen-bond acceptors (Lipinski definition) is 3. The molecule has 2 rings (SSSR count). The van der Waals surface area contributed by atoms with E-state index in [0.29, 0.717) is 0 Å². The van der Waals surface area contributed by atoms with Crippen LogP contribution in [0.5, 0.6) is 0 Å². The molecule has 0 aromatic heterocycles. The summed E-state index contributed by atoms with van der Waals surface area (Å²) in [5.74, 6) is 6.50. The molecule has 4 nitrogen and oxygen atoms in total. The number of hydrogen-bond donors (Lipinski definition) is 0. The van der Waals surface area contributed by atoms with E-state index in [2.05, 4.69) is 16.7 Å². The van der Waals surface area contributed by atoms with Gasteiger partial charge in [-0.2, -0.15) is 0 Å². The highest BCUT2D eigenvalue weighted by molar-refractivity contribution is 5.69. The van der Waals surface area contributed by atoms with Gasteiger partial charge in [-0.3, -0.25) is 9.80 Å². The van der Waals surface area contributed by atoms with Gasteiger partial charge in [0.25, 0.3) is 0 Å². The molecule has 0 N–H and O–H groups in total. The van der Waals surface area contributed by atoms with Crippen molar-refractivity contribution < 1.29 is 9.53 Å². The summed E-state index contributed by atoms with van der Waals surface area (Å²) in [5.41, 5.74) is -0.437. The predicted molar refractivity (Wildman–Crippen MR) is 79.4 cm³/mol. The number of carbonyl (C=O) groups is 1. The first-order valence-electron chi connectivity index (χ1n) is 7.66. The maximum Gasteiger partial charge on any atom is 0.411 e. The Kier molecular flexibility index (Phi) is 4.93. The lowest BCUT2D eigenvalue weighted by Crippen LogP contribution is -2.39. The summed E-state index contributed by atoms with van der Waals surface area (Å²) < 4.78 is 5.44. The van der Waals surface area contributed by atoms with Crippen LogP contribution in [0.3, 0.4) is 0 Å². The van der Waals surface area contributed by atoms with Gasteiger partial charge in [-0.05, 0) is 59.5 Å². The zero-order valence-electron chi connectivity index (χ0n) is 12.9. The first-order valence-corrected chi connectivity index (χ1v) is 7.66. The monoisotopic (exact) mass is 278 g/mol. The average molecular weight is 278 g/mol. The largest absolute Gasteiger partial charge is 0.444 e. The molecule has 0 aromatic rings. The van der Waals surface area contributed by atoms with E-state index in [1.54, 1.807) is 4.90 Å². The van der Waals surface area contributed by atoms with Gasteiger partial charge in [0.15, 0.2) is 0 Å². The zero-order chi connectivity index (χ0) is 14.6. The van der Waals surface area contributed by atoms with E-state index in [1.165, 1.54) is 12.8 Å². The molecule has 2 heterocycles. The summed E-state index contributed by atoms with van der Waals surface area (Å²) in [6.07, 6.45) is 4.33. The zero-order valence-corrected chi connectivity index (χ0v) is 12.9. The maximum atomic E-state index is 12.1. The standard InChI is InChI=1S/C16H26N2O2/c1-16(2,3)20-15(19)18-13-7-9-14(18)8-6-12-17-10-4-5-11-17/h14H,4-5,7,9-13H2,1-3H3. The molecule has 0 aliphatic carbocycles. The van der Waals surface area contributed by atoms with Crippen LogP contribution in [-0.4, -0.2) is 53.7 Å². The Balaban J connectivity index is 1.86. The highest BCUT2D eigenvalue weighted by Gasteiger charge is 2.31. The van der Waals surface area contributed by atoms with Gasteiger partial charge in [0.05, 0.1) is 12.6 Å². The summed E-state index contributed by atoms with van der Waals surface area (Å²) in [7, 11) is 0. The van der Waals surface area contributed by atoms with Crippen LogP contribution in [0.1, 0.15) is 46.5 Å². The van der Waals surface area contributed by atoms with E-state index in [4.69, 9.17) is 4.74 Å². The lowest BCUT2D eigenvalue weighted by Gasteiger charge is -2.26. The fourth-order valence-electron chi connectivity index (χ4n) is 2.67. The minimum atomic E-state index is -0.437. The van der Waals surface area contributed by atoms with E-state index in [9.17, 15) is 4.79 Å². The SMILES string of the molecule is CC(C)(C)OC(=O)N1CCCC1C#CCN1CCCC1. The average Bonchev–Trinajstić information content (AvgIpc) is 2.97. The summed E-state index contributed by atoms with van der Waals surface area (Å²) in [4.78, 5) is 16.3. The van der Waals surface area contributed by atoms with E-state index in [1.807, 2.05) is 20.8 Å². The van der Waals surface area contributed by atoms with Crippen molar-refractivity contribution in [3.05, 3.63) is 0 Å². The van der Waals surface area contributed by atoms with E-state index < -0.39 is 5.60 Å². The Hall–Kier alpha value is -1.21. The van der Waals surface area contributed by atoms with Gasteiger partial charge in [-0.1, -0.05) is 11.8 Å². The number of rotatable bonds is 1. The van der Waals surface area contributed by atoms with E-state index >= 15 is 0 Å². The van der Waals surface area contributed by atoms with Crippen molar-refractivity contribution in [1.29, 1.82) is 0 Å². The molecule has 2 aliphatic heterocycles. The molecule has 20 heavy (non-hydrogen) atoms. The normalized spacial score (nSPS) is 23.6. The minimum Gasteiger partial charge on any atom is -0.444 e. The van der Waals surface area contributed by atoms with Crippen LogP contribution in [0, 0.1) is 11.8 Å². The van der Waals surface area contributed by atoms with Crippen molar-refractivity contribution in [2.45, 2.75) is 58.1 Å². The Bertz CT molecular complexity index is 397. The van der Waals surface area contributed by atoms with Crippen LogP contribution >= 0.6 is 0 Å². The first-order chi connectivity index (χ1) is 9.46. The lowest BCUT2D eigenvalue weighted by atomic mass is 10.2. The van der Waals surface area contributed by atoms with Crippen molar-refractivity contribution in [3.63, 3.8) is 0 Å². The topological polar surface area (TPSA) is 32.8 Å². The number of carbonyl (C=O) groups excluding carboxylic acids is 1. The van der Waals surface area contributed by atoms with Crippen LogP contribution in [0.25, 0.3) is 0 Å². The van der Waals surface area contributed by atoms with Gasteiger partial charge >= 0.3 is 6.09 Å². The molecule has 0 radical (unpaired) electrons. The van der Waals surface area contributed by atoms with Crippen molar-refractivity contribution in [1.82, 2.24) is 9.80 Å². The fourth-order valence-corrected chi connectivity index (χ4v) is 2.67. The van der Waals surface area contributed by atoms with Crippen LogP contribution in [0.4, 0.5) is 4.79 Å². The summed E-state index contributed by atoms with van der Waals surface area (Å²) in [5, 5.41) is 0. The second-order valence-corrected chi connectivity index (χ2v) is 6.64. The molecule has 0 spiro atoms. The number of ether oxygens (including phenoxy) is 1. The lowest BCUT2D eigenvalue weighted by molar-refractivity contribution is 0.0261. The molecule has 0 aromatic carbocycles. The molecule has 0 saturated carbocycles. The molecule has 2 aliphatic rings. The van der Waals surface area contributed by atoms with Crippen molar-refractivity contribution >= 4 is 6.09 Å². The van der Waals surface area contributed by atoms with E-state index in [0.717, 1.165) is 39.0 Å². The Labute approximate surface area is 122 Å². The van der Waals surface area contributed by atoms with Crippen LogP contribution in [0.15, 0.2) is 0 Å². The van der Waals surface area contributed by atoms with Crippen LogP contribution in [-0.2, 0) is 4.74 Å². The quantitative estimate of drug-likeness (QED) is 0.691. The highest BCUT2D eigenvalue weighted by atomic mass is 16.6. The molecule has 112 valence electrons. The van der Waals surface area contributed by atoms with Gasteiger partial charge in [0, 0.05) is 6.54 Å². The van der Waals surface area contributed by atoms with E-state index in [-0.39, 0.29) is 12.1 Å². The molecule has 2 fully saturated rings. The third-order valence-electron chi connectivity index (χ3n) is 3.65. The van der Waals surface area contributed by atoms with Gasteiger partial charge in [-0.25, -0.2) is 4.79 Å².